The van der Waals surface area contributed by atoms with Crippen LogP contribution in [0.15, 0.2) is 30.3 Å². The molecule has 1 aromatic carbocycles. The molecule has 0 N–H and O–H groups in total. The maximum absolute atomic E-state index is 6.57. The fraction of sp³-hybridized carbons (Fsp3) is 0.739. The van der Waals surface area contributed by atoms with Gasteiger partial charge in [0.1, 0.15) is 0 Å². The Morgan fingerprint density at radius 3 is 1.41 bits per heavy atom. The van der Waals surface area contributed by atoms with Crippen LogP contribution in [0.4, 0.5) is 0 Å². The van der Waals surface area contributed by atoms with Crippen LogP contribution < -0.4 is 0 Å². The van der Waals surface area contributed by atoms with Gasteiger partial charge in [0.25, 0.3) is 0 Å². The van der Waals surface area contributed by atoms with E-state index in [1.165, 1.54) is 18.4 Å². The zero-order valence-electron chi connectivity index (χ0n) is 19.3. The molecule has 1 unspecified atom stereocenters. The third-order valence-corrected chi connectivity index (χ3v) is 7.90. The molecule has 1 aromatic rings. The first-order chi connectivity index (χ1) is 13.3. The minimum Gasteiger partial charge on any atom is -0.403 e. The number of benzene rings is 1. The molecule has 0 aromatic heterocycles. The Kier molecular flexibility index (Phi) is 5.06. The van der Waals surface area contributed by atoms with Gasteiger partial charge in [-0.1, -0.05) is 30.3 Å². The summed E-state index contributed by atoms with van der Waals surface area (Å²) in [6, 6.07) is 10.8. The highest BCUT2D eigenvalue weighted by molar-refractivity contribution is 6.68. The Labute approximate surface area is 177 Å². The fourth-order valence-corrected chi connectivity index (χ4v) is 4.50. The highest BCUT2D eigenvalue weighted by atomic mass is 16.7. The number of hydrogen-bond donors (Lipinski definition) is 0. The van der Waals surface area contributed by atoms with Crippen molar-refractivity contribution in [2.45, 2.75) is 102 Å². The van der Waals surface area contributed by atoms with E-state index in [0.29, 0.717) is 5.92 Å². The maximum Gasteiger partial charge on any atom is 0.459 e. The van der Waals surface area contributed by atoms with Gasteiger partial charge in [-0.25, -0.2) is 0 Å². The van der Waals surface area contributed by atoms with Crippen molar-refractivity contribution in [1.29, 1.82) is 0 Å². The van der Waals surface area contributed by atoms with E-state index in [1.807, 2.05) is 0 Å². The first kappa shape index (κ1) is 21.4. The van der Waals surface area contributed by atoms with E-state index in [0.717, 1.165) is 0 Å². The van der Waals surface area contributed by atoms with E-state index < -0.39 is 0 Å². The molecule has 3 fully saturated rings. The first-order valence-corrected chi connectivity index (χ1v) is 11.1. The molecule has 1 saturated carbocycles. The van der Waals surface area contributed by atoms with Gasteiger partial charge in [0.05, 0.1) is 22.4 Å². The van der Waals surface area contributed by atoms with Gasteiger partial charge < -0.3 is 18.6 Å². The summed E-state index contributed by atoms with van der Waals surface area (Å²) in [6.45, 7) is 16.9. The van der Waals surface area contributed by atoms with Crippen molar-refractivity contribution in [3.63, 3.8) is 0 Å². The van der Waals surface area contributed by atoms with Crippen LogP contribution >= 0.6 is 0 Å². The van der Waals surface area contributed by atoms with Gasteiger partial charge in [-0.05, 0) is 85.6 Å². The van der Waals surface area contributed by atoms with Crippen molar-refractivity contribution in [1.82, 2.24) is 0 Å². The topological polar surface area (TPSA) is 36.9 Å². The summed E-state index contributed by atoms with van der Waals surface area (Å²) in [5.74, 6) is 0.890. The first-order valence-electron chi connectivity index (χ1n) is 11.1. The smallest absolute Gasteiger partial charge is 0.403 e. The molecule has 3 aliphatic rings. The molecule has 1 aliphatic carbocycles. The van der Waals surface area contributed by atoms with E-state index in [4.69, 9.17) is 18.6 Å². The van der Waals surface area contributed by atoms with E-state index in [9.17, 15) is 0 Å². The Balaban J connectivity index is 1.74. The SMILES string of the molecule is CC1(C)OB(C(B2OC(C)(C)C(C)(C)O2)C(c2ccccc2)C2CC2)OC1(C)C. The monoisotopic (exact) mass is 398 g/mol. The van der Waals surface area contributed by atoms with E-state index >= 15 is 0 Å². The van der Waals surface area contributed by atoms with Crippen molar-refractivity contribution in [2.24, 2.45) is 5.92 Å². The van der Waals surface area contributed by atoms with Crippen LogP contribution in [0.25, 0.3) is 0 Å². The predicted octanol–water partition coefficient (Wildman–Crippen LogP) is 5.27. The van der Waals surface area contributed by atoms with Crippen LogP contribution in [0.1, 0.15) is 79.7 Å². The van der Waals surface area contributed by atoms with Gasteiger partial charge >= 0.3 is 14.2 Å². The van der Waals surface area contributed by atoms with Crippen molar-refractivity contribution >= 4 is 14.2 Å². The molecule has 0 bridgehead atoms. The molecular formula is C23H36B2O4. The average molecular weight is 398 g/mol. The van der Waals surface area contributed by atoms with Gasteiger partial charge in [0, 0.05) is 5.72 Å². The van der Waals surface area contributed by atoms with Gasteiger partial charge in [0.2, 0.25) is 0 Å². The van der Waals surface area contributed by atoms with E-state index in [2.05, 4.69) is 85.7 Å². The van der Waals surface area contributed by atoms with Gasteiger partial charge in [-0.2, -0.15) is 0 Å². The third kappa shape index (κ3) is 3.71. The molecule has 29 heavy (non-hydrogen) atoms. The summed E-state index contributed by atoms with van der Waals surface area (Å²) in [5, 5.41) is 0. The van der Waals surface area contributed by atoms with Crippen LogP contribution in [0.2, 0.25) is 5.72 Å². The molecule has 0 radical (unpaired) electrons. The molecular weight excluding hydrogens is 362 g/mol. The number of hydrogen-bond acceptors (Lipinski definition) is 4. The molecule has 2 saturated heterocycles. The van der Waals surface area contributed by atoms with Crippen LogP contribution in [0, 0.1) is 5.92 Å². The molecule has 1 atom stereocenters. The predicted molar refractivity (Wildman–Crippen MR) is 118 cm³/mol. The second-order valence-corrected chi connectivity index (χ2v) is 11.1. The van der Waals surface area contributed by atoms with E-state index in [1.54, 1.807) is 0 Å². The molecule has 6 heteroatoms. The normalized spacial score (nSPS) is 28.2. The van der Waals surface area contributed by atoms with E-state index in [-0.39, 0.29) is 48.3 Å². The van der Waals surface area contributed by atoms with Crippen molar-refractivity contribution in [3.8, 4) is 0 Å². The Morgan fingerprint density at radius 1 is 0.690 bits per heavy atom. The minimum absolute atomic E-state index is 0.0352. The summed E-state index contributed by atoms with van der Waals surface area (Å²) >= 11 is 0. The van der Waals surface area contributed by atoms with Crippen molar-refractivity contribution in [2.75, 3.05) is 0 Å². The molecule has 0 spiro atoms. The highest BCUT2D eigenvalue weighted by Crippen LogP contribution is 2.56. The van der Waals surface area contributed by atoms with Crippen LogP contribution in [-0.4, -0.2) is 36.6 Å². The van der Waals surface area contributed by atoms with Gasteiger partial charge in [-0.3, -0.25) is 0 Å². The second-order valence-electron chi connectivity index (χ2n) is 11.1. The fourth-order valence-electron chi connectivity index (χ4n) is 4.50. The second kappa shape index (κ2) is 6.85. The third-order valence-electron chi connectivity index (χ3n) is 7.90. The summed E-state index contributed by atoms with van der Waals surface area (Å²) in [5.41, 5.74) is -0.250. The molecule has 2 aliphatic heterocycles. The average Bonchev–Trinajstić information content (AvgIpc) is 3.35. The quantitative estimate of drug-likeness (QED) is 0.633. The molecule has 2 heterocycles. The molecule has 0 amide bonds. The summed E-state index contributed by atoms with van der Waals surface area (Å²) in [4.78, 5) is 0. The largest absolute Gasteiger partial charge is 0.459 e. The summed E-state index contributed by atoms with van der Waals surface area (Å²) in [7, 11) is -0.749. The molecule has 4 nitrogen and oxygen atoms in total. The lowest BCUT2D eigenvalue weighted by Crippen LogP contribution is -2.42. The molecule has 4 rings (SSSR count). The lowest BCUT2D eigenvalue weighted by molar-refractivity contribution is 0.00578. The Bertz CT molecular complexity index is 675. The molecule has 158 valence electrons. The van der Waals surface area contributed by atoms with Crippen LogP contribution in [0.3, 0.4) is 0 Å². The number of rotatable bonds is 5. The lowest BCUT2D eigenvalue weighted by atomic mass is 9.45. The van der Waals surface area contributed by atoms with Crippen LogP contribution in [0.5, 0.6) is 0 Å². The maximum atomic E-state index is 6.57. The zero-order valence-corrected chi connectivity index (χ0v) is 19.3. The zero-order chi connectivity index (χ0) is 21.2. The van der Waals surface area contributed by atoms with Gasteiger partial charge in [0.15, 0.2) is 0 Å². The minimum atomic E-state index is -0.385. The van der Waals surface area contributed by atoms with Gasteiger partial charge in [-0.15, -0.1) is 0 Å². The lowest BCUT2D eigenvalue weighted by Gasteiger charge is -2.32. The summed E-state index contributed by atoms with van der Waals surface area (Å²) < 4.78 is 26.3. The standard InChI is InChI=1S/C23H36B2O4/c1-20(2)21(3,4)27-24(26-20)19(25-28-22(5,6)23(7,8)29-25)18(17-14-15-17)16-12-10-9-11-13-16/h9-13,17-19H,14-15H2,1-8H3. The van der Waals surface area contributed by atoms with Crippen molar-refractivity contribution < 1.29 is 18.6 Å². The Hall–Kier alpha value is -0.810. The Morgan fingerprint density at radius 2 is 1.07 bits per heavy atom. The summed E-state index contributed by atoms with van der Waals surface area (Å²) in [6.07, 6.45) is 2.46. The van der Waals surface area contributed by atoms with Crippen molar-refractivity contribution in [3.05, 3.63) is 35.9 Å². The van der Waals surface area contributed by atoms with Crippen LogP contribution in [-0.2, 0) is 18.6 Å². The highest BCUT2D eigenvalue weighted by Gasteiger charge is 2.64.